The molecule has 3 aromatic carbocycles. The van der Waals surface area contributed by atoms with Crippen molar-refractivity contribution in [3.05, 3.63) is 96.5 Å². The summed E-state index contributed by atoms with van der Waals surface area (Å²) in [6.45, 7) is 1.38. The average molecular weight is 446 g/mol. The first-order chi connectivity index (χ1) is 16.7. The van der Waals surface area contributed by atoms with Gasteiger partial charge in [0.1, 0.15) is 6.21 Å². The third-order valence-electron chi connectivity index (χ3n) is 6.90. The first-order valence-electron chi connectivity index (χ1n) is 11.8. The molecule has 34 heavy (non-hydrogen) atoms. The maximum absolute atomic E-state index is 13.1. The average Bonchev–Trinajstić information content (AvgIpc) is 3.63. The molecular weight excluding hydrogens is 420 g/mol. The molecule has 1 aliphatic heterocycles. The van der Waals surface area contributed by atoms with Crippen molar-refractivity contribution in [3.8, 4) is 22.3 Å². The zero-order valence-corrected chi connectivity index (χ0v) is 18.9. The van der Waals surface area contributed by atoms with Crippen molar-refractivity contribution in [2.75, 3.05) is 6.54 Å². The molecule has 0 amide bonds. The Morgan fingerprint density at radius 1 is 0.824 bits per heavy atom. The van der Waals surface area contributed by atoms with Crippen molar-refractivity contribution < 1.29 is 14.2 Å². The number of carbonyl (C=O) groups is 2. The molecule has 0 radical (unpaired) electrons. The first-order valence-corrected chi connectivity index (χ1v) is 11.8. The van der Waals surface area contributed by atoms with Crippen LogP contribution in [-0.4, -0.2) is 33.5 Å². The van der Waals surface area contributed by atoms with Crippen LogP contribution in [0.2, 0.25) is 0 Å². The van der Waals surface area contributed by atoms with Gasteiger partial charge in [0.05, 0.1) is 6.42 Å². The Balaban J connectivity index is 1.31. The molecule has 4 heteroatoms. The number of nitrogens with zero attached hydrogens (tertiary/aromatic N) is 2. The number of rotatable bonds is 8. The van der Waals surface area contributed by atoms with Crippen LogP contribution in [0.15, 0.2) is 85.3 Å². The molecule has 2 heterocycles. The zero-order valence-electron chi connectivity index (χ0n) is 18.9. The molecule has 4 nitrogen and oxygen atoms in total. The molecule has 0 unspecified atom stereocenters. The third-order valence-corrected chi connectivity index (χ3v) is 6.90. The Kier molecular flexibility index (Phi) is 5.06. The van der Waals surface area contributed by atoms with Gasteiger partial charge in [-0.1, -0.05) is 42.5 Å². The minimum absolute atomic E-state index is 0.142. The number of aryl methyl sites for hydroxylation is 1. The standard InChI is InChI=1S/C30H25N2O2/c33-28(12-18-31-14-1-2-15-31)21-8-9-22-24-6-5-7-25-23(10-11-26(30(24)25)27(22)20-21)29(34)13-19-32-16-3-4-17-32/h1-3,5-11,14-17,20H,4,12-13,18-19H2/q+1. The molecule has 1 aliphatic carbocycles. The summed E-state index contributed by atoms with van der Waals surface area (Å²) in [4.78, 5) is 26.0. The number of Topliss-reactive ketones (excluding diaryl/α,β-unsaturated/α-hetero) is 2. The number of aromatic nitrogens is 1. The van der Waals surface area contributed by atoms with Gasteiger partial charge in [-0.15, -0.1) is 0 Å². The Morgan fingerprint density at radius 3 is 2.47 bits per heavy atom. The summed E-state index contributed by atoms with van der Waals surface area (Å²) in [6.07, 6.45) is 12.1. The Hall–Kier alpha value is -4.05. The van der Waals surface area contributed by atoms with Gasteiger partial charge in [-0.2, -0.15) is 0 Å². The van der Waals surface area contributed by atoms with E-state index in [4.69, 9.17) is 0 Å². The van der Waals surface area contributed by atoms with Gasteiger partial charge < -0.3 is 4.57 Å². The minimum atomic E-state index is 0.142. The highest BCUT2D eigenvalue weighted by atomic mass is 16.1. The lowest BCUT2D eigenvalue weighted by atomic mass is 9.95. The Bertz CT molecular complexity index is 1510. The largest absolute Gasteiger partial charge is 0.354 e. The van der Waals surface area contributed by atoms with E-state index >= 15 is 0 Å². The summed E-state index contributed by atoms with van der Waals surface area (Å²) < 4.78 is 4.11. The fourth-order valence-corrected chi connectivity index (χ4v) is 5.15. The van der Waals surface area contributed by atoms with Crippen molar-refractivity contribution >= 4 is 28.6 Å². The van der Waals surface area contributed by atoms with E-state index in [2.05, 4.69) is 35.1 Å². The van der Waals surface area contributed by atoms with Crippen molar-refractivity contribution in [1.82, 2.24) is 4.57 Å². The molecule has 1 aromatic heterocycles. The van der Waals surface area contributed by atoms with Gasteiger partial charge in [-0.05, 0) is 57.3 Å². The van der Waals surface area contributed by atoms with Crippen molar-refractivity contribution in [2.45, 2.75) is 25.8 Å². The highest BCUT2D eigenvalue weighted by molar-refractivity contribution is 6.21. The first kappa shape index (κ1) is 20.5. The number of hydrogen-bond acceptors (Lipinski definition) is 2. The molecule has 4 aromatic rings. The lowest BCUT2D eigenvalue weighted by Gasteiger charge is -2.08. The number of benzene rings is 3. The van der Waals surface area contributed by atoms with Gasteiger partial charge in [0.25, 0.3) is 0 Å². The smallest absolute Gasteiger partial charge is 0.169 e. The molecule has 6 rings (SSSR count). The lowest BCUT2D eigenvalue weighted by Crippen LogP contribution is -2.11. The van der Waals surface area contributed by atoms with Crippen LogP contribution in [0.5, 0.6) is 0 Å². The molecular formula is C30H25N2O2+. The van der Waals surface area contributed by atoms with E-state index in [1.807, 2.05) is 65.6 Å². The highest BCUT2D eigenvalue weighted by Crippen LogP contribution is 2.48. The van der Waals surface area contributed by atoms with Gasteiger partial charge in [0, 0.05) is 42.9 Å². The van der Waals surface area contributed by atoms with Crippen LogP contribution in [0, 0.1) is 0 Å². The van der Waals surface area contributed by atoms with E-state index in [0.717, 1.165) is 50.6 Å². The molecule has 0 saturated heterocycles. The second kappa shape index (κ2) is 8.38. The topological polar surface area (TPSA) is 42.1 Å². The predicted molar refractivity (Wildman–Crippen MR) is 136 cm³/mol. The van der Waals surface area contributed by atoms with Gasteiger partial charge >= 0.3 is 0 Å². The molecule has 0 bridgehead atoms. The van der Waals surface area contributed by atoms with Crippen LogP contribution in [0.1, 0.15) is 40.0 Å². The van der Waals surface area contributed by atoms with Crippen LogP contribution < -0.4 is 0 Å². The number of allylic oxidation sites excluding steroid dienone is 1. The lowest BCUT2D eigenvalue weighted by molar-refractivity contribution is -0.447. The highest BCUT2D eigenvalue weighted by Gasteiger charge is 2.25. The van der Waals surface area contributed by atoms with Crippen LogP contribution in [0.25, 0.3) is 33.0 Å². The maximum Gasteiger partial charge on any atom is 0.169 e. The van der Waals surface area contributed by atoms with Gasteiger partial charge in [0.2, 0.25) is 0 Å². The second-order valence-electron chi connectivity index (χ2n) is 8.96. The van der Waals surface area contributed by atoms with E-state index in [1.54, 1.807) is 0 Å². The summed E-state index contributed by atoms with van der Waals surface area (Å²) in [5.41, 5.74) is 5.96. The number of carbonyl (C=O) groups excluding carboxylic acids is 2. The minimum Gasteiger partial charge on any atom is -0.354 e. The molecule has 0 spiro atoms. The molecule has 166 valence electrons. The van der Waals surface area contributed by atoms with E-state index in [9.17, 15) is 9.59 Å². The van der Waals surface area contributed by atoms with Gasteiger partial charge in [0.15, 0.2) is 24.3 Å². The fraction of sp³-hybridized carbons (Fsp3) is 0.167. The predicted octanol–water partition coefficient (Wildman–Crippen LogP) is 6.14. The quantitative estimate of drug-likeness (QED) is 0.213. The molecule has 2 aliphatic rings. The van der Waals surface area contributed by atoms with E-state index < -0.39 is 0 Å². The van der Waals surface area contributed by atoms with Crippen molar-refractivity contribution in [1.29, 1.82) is 0 Å². The number of fused-ring (bicyclic) bond motifs is 3. The molecule has 0 N–H and O–H groups in total. The van der Waals surface area contributed by atoms with Crippen LogP contribution in [0.3, 0.4) is 0 Å². The summed E-state index contributed by atoms with van der Waals surface area (Å²) in [6, 6.07) is 20.2. The van der Waals surface area contributed by atoms with Gasteiger partial charge in [-0.3, -0.25) is 9.59 Å². The summed E-state index contributed by atoms with van der Waals surface area (Å²) >= 11 is 0. The van der Waals surface area contributed by atoms with E-state index in [-0.39, 0.29) is 11.6 Å². The normalized spacial score (nSPS) is 13.4. The monoisotopic (exact) mass is 445 g/mol. The third kappa shape index (κ3) is 3.52. The number of ketones is 2. The van der Waals surface area contributed by atoms with Crippen molar-refractivity contribution in [2.24, 2.45) is 0 Å². The summed E-state index contributed by atoms with van der Waals surface area (Å²) in [5.74, 6) is 0.303. The Morgan fingerprint density at radius 2 is 1.65 bits per heavy atom. The fourth-order valence-electron chi connectivity index (χ4n) is 5.15. The second-order valence-corrected chi connectivity index (χ2v) is 8.96. The number of hydrogen-bond donors (Lipinski definition) is 0. The molecule has 0 atom stereocenters. The van der Waals surface area contributed by atoms with Crippen molar-refractivity contribution in [3.63, 3.8) is 0 Å². The van der Waals surface area contributed by atoms with Crippen LogP contribution in [-0.2, 0) is 6.54 Å². The Labute approximate surface area is 198 Å². The summed E-state index contributed by atoms with van der Waals surface area (Å²) in [7, 11) is 0. The van der Waals surface area contributed by atoms with E-state index in [1.165, 1.54) is 0 Å². The zero-order chi connectivity index (χ0) is 23.1. The SMILES string of the molecule is O=C(CCn1cccc1)c1ccc2c(c1)-c1ccc(C(=O)CC[N+]3=CCC=C3)c3cccc-2c13. The van der Waals surface area contributed by atoms with E-state index in [0.29, 0.717) is 25.9 Å². The summed E-state index contributed by atoms with van der Waals surface area (Å²) in [5, 5.41) is 2.12. The maximum atomic E-state index is 13.1. The molecule has 0 fully saturated rings. The van der Waals surface area contributed by atoms with Gasteiger partial charge in [-0.25, -0.2) is 4.58 Å². The van der Waals surface area contributed by atoms with Crippen LogP contribution in [0.4, 0.5) is 0 Å². The van der Waals surface area contributed by atoms with Crippen LogP contribution >= 0.6 is 0 Å². The molecule has 0 saturated carbocycles.